The van der Waals surface area contributed by atoms with Gasteiger partial charge < -0.3 is 5.73 Å². The van der Waals surface area contributed by atoms with Crippen LogP contribution in [0.1, 0.15) is 45.5 Å². The normalized spacial score (nSPS) is 10.9. The molecule has 3 N–H and O–H groups in total. The number of amides is 2. The van der Waals surface area contributed by atoms with Gasteiger partial charge in [-0.1, -0.05) is 42.9 Å². The number of primary amides is 1. The van der Waals surface area contributed by atoms with Crippen molar-refractivity contribution < 1.29 is 9.59 Å². The van der Waals surface area contributed by atoms with E-state index in [1.54, 1.807) is 16.8 Å². The number of carbonyl (C=O) groups is 2. The standard InChI is InChI=1S/C17H16ClN5O2S/c1-9(2)14-12(7-21-23(14)11-5-3-4-10(18)6-11)16(25)22-17-20-8-13(26-17)15(19)24/h3-9H,1-2H3,(H2,19,24)(H,20,22,25). The lowest BCUT2D eigenvalue weighted by Crippen LogP contribution is -2.15. The zero-order valence-corrected chi connectivity index (χ0v) is 15.6. The minimum Gasteiger partial charge on any atom is -0.365 e. The summed E-state index contributed by atoms with van der Waals surface area (Å²) >= 11 is 7.09. The van der Waals surface area contributed by atoms with Gasteiger partial charge in [0.2, 0.25) is 0 Å². The van der Waals surface area contributed by atoms with E-state index >= 15 is 0 Å². The molecule has 0 radical (unpaired) electrons. The molecule has 0 saturated heterocycles. The van der Waals surface area contributed by atoms with Gasteiger partial charge in [-0.25, -0.2) is 9.67 Å². The fraction of sp³-hybridized carbons (Fsp3) is 0.176. The van der Waals surface area contributed by atoms with Crippen LogP contribution < -0.4 is 11.1 Å². The highest BCUT2D eigenvalue weighted by Gasteiger charge is 2.22. The smallest absolute Gasteiger partial charge is 0.260 e. The molecule has 0 atom stereocenters. The molecule has 2 aromatic heterocycles. The lowest BCUT2D eigenvalue weighted by molar-refractivity contribution is 0.100. The number of carbonyl (C=O) groups excluding carboxylic acids is 2. The Labute approximate surface area is 158 Å². The monoisotopic (exact) mass is 389 g/mol. The van der Waals surface area contributed by atoms with Crippen LogP contribution >= 0.6 is 22.9 Å². The van der Waals surface area contributed by atoms with Gasteiger partial charge in [-0.05, 0) is 24.1 Å². The number of rotatable bonds is 5. The van der Waals surface area contributed by atoms with E-state index < -0.39 is 5.91 Å². The number of nitrogens with two attached hydrogens (primary N) is 1. The van der Waals surface area contributed by atoms with E-state index in [0.29, 0.717) is 15.7 Å². The van der Waals surface area contributed by atoms with Crippen molar-refractivity contribution in [3.8, 4) is 5.69 Å². The van der Waals surface area contributed by atoms with Crippen LogP contribution in [0, 0.1) is 0 Å². The second-order valence-corrected chi connectivity index (χ2v) is 7.30. The van der Waals surface area contributed by atoms with Crippen molar-refractivity contribution in [2.75, 3.05) is 5.32 Å². The van der Waals surface area contributed by atoms with Gasteiger partial charge in [-0.3, -0.25) is 14.9 Å². The number of benzene rings is 1. The quantitative estimate of drug-likeness (QED) is 0.697. The van der Waals surface area contributed by atoms with E-state index in [1.165, 1.54) is 12.4 Å². The summed E-state index contributed by atoms with van der Waals surface area (Å²) in [4.78, 5) is 28.1. The van der Waals surface area contributed by atoms with E-state index in [2.05, 4.69) is 15.4 Å². The van der Waals surface area contributed by atoms with Gasteiger partial charge in [0, 0.05) is 5.02 Å². The first-order chi connectivity index (χ1) is 12.4. The Bertz CT molecular complexity index is 979. The Morgan fingerprint density at radius 2 is 2.08 bits per heavy atom. The Balaban J connectivity index is 1.94. The van der Waals surface area contributed by atoms with E-state index in [4.69, 9.17) is 17.3 Å². The average Bonchev–Trinajstić information content (AvgIpc) is 3.21. The predicted octanol–water partition coefficient (Wildman–Crippen LogP) is 3.46. The molecule has 0 unspecified atom stereocenters. The molecule has 0 saturated carbocycles. The van der Waals surface area contributed by atoms with Crippen LogP contribution in [0.5, 0.6) is 0 Å². The highest BCUT2D eigenvalue weighted by Crippen LogP contribution is 2.26. The largest absolute Gasteiger partial charge is 0.365 e. The maximum absolute atomic E-state index is 12.7. The first-order valence-corrected chi connectivity index (χ1v) is 8.97. The van der Waals surface area contributed by atoms with Gasteiger partial charge >= 0.3 is 0 Å². The maximum atomic E-state index is 12.7. The molecule has 0 aliphatic carbocycles. The van der Waals surface area contributed by atoms with E-state index in [9.17, 15) is 9.59 Å². The number of hydrogen-bond donors (Lipinski definition) is 2. The predicted molar refractivity (Wildman–Crippen MR) is 101 cm³/mol. The van der Waals surface area contributed by atoms with E-state index in [0.717, 1.165) is 22.7 Å². The van der Waals surface area contributed by atoms with Gasteiger partial charge in [-0.2, -0.15) is 5.10 Å². The van der Waals surface area contributed by atoms with Crippen LogP contribution in [0.2, 0.25) is 5.02 Å². The number of anilines is 1. The topological polar surface area (TPSA) is 103 Å². The van der Waals surface area contributed by atoms with Crippen LogP contribution in [-0.4, -0.2) is 26.6 Å². The number of thiazole rings is 1. The summed E-state index contributed by atoms with van der Waals surface area (Å²) in [5.74, 6) is -0.901. The number of hydrogen-bond acceptors (Lipinski definition) is 5. The van der Waals surface area contributed by atoms with Crippen LogP contribution in [0.25, 0.3) is 5.69 Å². The molecule has 134 valence electrons. The molecule has 0 bridgehead atoms. The Morgan fingerprint density at radius 3 is 2.69 bits per heavy atom. The van der Waals surface area contributed by atoms with Gasteiger partial charge in [0.05, 0.1) is 29.3 Å². The van der Waals surface area contributed by atoms with E-state index in [1.807, 2.05) is 26.0 Å². The summed E-state index contributed by atoms with van der Waals surface area (Å²) < 4.78 is 1.70. The van der Waals surface area contributed by atoms with Gasteiger partial charge in [0.15, 0.2) is 5.13 Å². The third-order valence-corrected chi connectivity index (χ3v) is 4.78. The molecular weight excluding hydrogens is 374 g/mol. The van der Waals surface area contributed by atoms with Crippen LogP contribution in [0.15, 0.2) is 36.7 Å². The Kier molecular flexibility index (Phi) is 5.06. The third-order valence-electron chi connectivity index (χ3n) is 3.62. The maximum Gasteiger partial charge on any atom is 0.260 e. The number of nitrogens with one attached hydrogen (secondary N) is 1. The van der Waals surface area contributed by atoms with Crippen molar-refractivity contribution in [2.45, 2.75) is 19.8 Å². The van der Waals surface area contributed by atoms with Crippen molar-refractivity contribution in [1.29, 1.82) is 0 Å². The summed E-state index contributed by atoms with van der Waals surface area (Å²) in [5.41, 5.74) is 7.15. The van der Waals surface area contributed by atoms with Crippen molar-refractivity contribution in [3.63, 3.8) is 0 Å². The molecule has 0 spiro atoms. The molecule has 9 heteroatoms. The molecule has 3 rings (SSSR count). The number of halogens is 1. The lowest BCUT2D eigenvalue weighted by Gasteiger charge is -2.12. The second-order valence-electron chi connectivity index (χ2n) is 5.84. The molecule has 2 heterocycles. The Hall–Kier alpha value is -2.71. The molecule has 26 heavy (non-hydrogen) atoms. The molecule has 3 aromatic rings. The van der Waals surface area contributed by atoms with Crippen molar-refractivity contribution >= 4 is 39.9 Å². The number of aromatic nitrogens is 3. The minimum atomic E-state index is -0.584. The first-order valence-electron chi connectivity index (χ1n) is 7.77. The third kappa shape index (κ3) is 3.61. The summed E-state index contributed by atoms with van der Waals surface area (Å²) in [7, 11) is 0. The van der Waals surface area contributed by atoms with Crippen LogP contribution in [0.4, 0.5) is 5.13 Å². The van der Waals surface area contributed by atoms with E-state index in [-0.39, 0.29) is 16.7 Å². The highest BCUT2D eigenvalue weighted by molar-refractivity contribution is 7.17. The van der Waals surface area contributed by atoms with Crippen molar-refractivity contribution in [1.82, 2.24) is 14.8 Å². The highest BCUT2D eigenvalue weighted by atomic mass is 35.5. The van der Waals surface area contributed by atoms with Crippen LogP contribution in [-0.2, 0) is 0 Å². The van der Waals surface area contributed by atoms with Crippen molar-refractivity contribution in [3.05, 3.63) is 57.8 Å². The van der Waals surface area contributed by atoms with Gasteiger partial charge in [0.25, 0.3) is 11.8 Å². The second kappa shape index (κ2) is 7.27. The SMILES string of the molecule is CC(C)c1c(C(=O)Nc2ncc(C(N)=O)s2)cnn1-c1cccc(Cl)c1. The lowest BCUT2D eigenvalue weighted by atomic mass is 10.1. The molecular formula is C17H16ClN5O2S. The Morgan fingerprint density at radius 1 is 1.31 bits per heavy atom. The molecule has 2 amide bonds. The average molecular weight is 390 g/mol. The van der Waals surface area contributed by atoms with Gasteiger partial charge in [0.1, 0.15) is 4.88 Å². The minimum absolute atomic E-state index is 0.0368. The summed E-state index contributed by atoms with van der Waals surface area (Å²) in [6, 6.07) is 7.24. The molecule has 0 aliphatic rings. The molecule has 0 fully saturated rings. The molecule has 1 aromatic carbocycles. The fourth-order valence-corrected chi connectivity index (χ4v) is 3.36. The zero-order valence-electron chi connectivity index (χ0n) is 14.1. The fourth-order valence-electron chi connectivity index (χ4n) is 2.51. The van der Waals surface area contributed by atoms with Gasteiger partial charge in [-0.15, -0.1) is 0 Å². The number of nitrogens with zero attached hydrogens (tertiary/aromatic N) is 3. The summed E-state index contributed by atoms with van der Waals surface area (Å²) in [6.45, 7) is 3.95. The zero-order chi connectivity index (χ0) is 18.8. The first kappa shape index (κ1) is 18.1. The van der Waals surface area contributed by atoms with Crippen LogP contribution in [0.3, 0.4) is 0 Å². The van der Waals surface area contributed by atoms with Crippen molar-refractivity contribution in [2.24, 2.45) is 5.73 Å². The summed E-state index contributed by atoms with van der Waals surface area (Å²) in [6.07, 6.45) is 2.84. The molecule has 0 aliphatic heterocycles. The molecule has 7 nitrogen and oxygen atoms in total. The summed E-state index contributed by atoms with van der Waals surface area (Å²) in [5, 5.41) is 7.92.